The number of hydrogen-bond donors (Lipinski definition) is 0. The molecule has 4 nitrogen and oxygen atoms in total. The number of methoxy groups -OCH3 is 1. The fraction of sp³-hybridized carbons (Fsp3) is 0.474. The van der Waals surface area contributed by atoms with Crippen LogP contribution in [-0.4, -0.2) is 35.8 Å². The number of ketones is 1. The molecule has 0 unspecified atom stereocenters. The molecular weight excluding hydrogens is 309 g/mol. The second-order valence-electron chi connectivity index (χ2n) is 6.63. The molecule has 0 aliphatic carbocycles. The Bertz CT molecular complexity index is 657. The van der Waals surface area contributed by atoms with Gasteiger partial charge >= 0.3 is 5.97 Å². The van der Waals surface area contributed by atoms with E-state index < -0.39 is 11.4 Å². The minimum absolute atomic E-state index is 0.0443. The zero-order valence-electron chi connectivity index (χ0n) is 13.8. The van der Waals surface area contributed by atoms with E-state index in [0.717, 1.165) is 18.4 Å². The molecule has 5 heteroatoms. The van der Waals surface area contributed by atoms with Crippen LogP contribution < -0.4 is 0 Å². The van der Waals surface area contributed by atoms with Gasteiger partial charge in [-0.05, 0) is 37.0 Å². The van der Waals surface area contributed by atoms with Gasteiger partial charge in [-0.2, -0.15) is 0 Å². The van der Waals surface area contributed by atoms with Crippen molar-refractivity contribution in [1.82, 2.24) is 4.90 Å². The first kappa shape index (κ1) is 16.8. The molecule has 0 N–H and O–H groups in total. The van der Waals surface area contributed by atoms with E-state index in [2.05, 4.69) is 11.5 Å². The molecule has 0 saturated carbocycles. The van der Waals surface area contributed by atoms with Crippen LogP contribution in [-0.2, 0) is 20.9 Å². The number of benzene rings is 1. The Labute approximate surface area is 141 Å². The van der Waals surface area contributed by atoms with Gasteiger partial charge in [0.25, 0.3) is 0 Å². The maximum absolute atomic E-state index is 13.1. The fourth-order valence-corrected chi connectivity index (χ4v) is 4.30. The number of Topliss-reactive ketones (excluding diaryl/α,β-unsaturated/α-hetero) is 1. The molecule has 0 spiro atoms. The number of rotatable bonds is 5. The number of nitrogens with zero attached hydrogens (tertiary/aromatic N) is 1. The zero-order valence-corrected chi connectivity index (χ0v) is 13.8. The second kappa shape index (κ2) is 6.48. The van der Waals surface area contributed by atoms with E-state index in [1.807, 2.05) is 0 Å². The highest BCUT2D eigenvalue weighted by Gasteiger charge is 2.60. The predicted octanol–water partition coefficient (Wildman–Crippen LogP) is 2.87. The SMILES string of the molecule is C=CC[C@]1(C(=O)OC)C(=O)C[C@H]2CC[C@H]1N2Cc1ccc(F)cc1. The van der Waals surface area contributed by atoms with Crippen molar-refractivity contribution in [2.75, 3.05) is 7.11 Å². The van der Waals surface area contributed by atoms with Crippen molar-refractivity contribution in [3.05, 3.63) is 48.3 Å². The summed E-state index contributed by atoms with van der Waals surface area (Å²) in [4.78, 5) is 27.6. The molecule has 1 aromatic carbocycles. The van der Waals surface area contributed by atoms with Crippen LogP contribution in [0.4, 0.5) is 4.39 Å². The molecule has 0 radical (unpaired) electrons. The van der Waals surface area contributed by atoms with Gasteiger partial charge in [0.1, 0.15) is 11.2 Å². The first-order valence-electron chi connectivity index (χ1n) is 8.25. The number of ether oxygens (including phenoxy) is 1. The minimum Gasteiger partial charge on any atom is -0.468 e. The third kappa shape index (κ3) is 2.57. The van der Waals surface area contributed by atoms with Crippen molar-refractivity contribution in [3.63, 3.8) is 0 Å². The number of allylic oxidation sites excluding steroid dienone is 1. The van der Waals surface area contributed by atoms with E-state index in [9.17, 15) is 14.0 Å². The summed E-state index contributed by atoms with van der Waals surface area (Å²) in [6.45, 7) is 4.33. The molecule has 3 atom stereocenters. The number of carbonyl (C=O) groups is 2. The first-order valence-corrected chi connectivity index (χ1v) is 8.25. The summed E-state index contributed by atoms with van der Waals surface area (Å²) in [7, 11) is 1.33. The lowest BCUT2D eigenvalue weighted by atomic mass is 9.70. The summed E-state index contributed by atoms with van der Waals surface area (Å²) in [6.07, 6.45) is 3.92. The molecule has 2 bridgehead atoms. The molecule has 1 aromatic rings. The summed E-state index contributed by atoms with van der Waals surface area (Å²) < 4.78 is 18.1. The lowest BCUT2D eigenvalue weighted by Gasteiger charge is -2.45. The standard InChI is InChI=1S/C19H22FNO3/c1-3-10-19(18(23)24-2)16-9-8-15(11-17(19)22)21(16)12-13-4-6-14(20)7-5-13/h3-7,15-16H,1,8-12H2,2H3/t15-,16-,19-/m1/s1. The van der Waals surface area contributed by atoms with Crippen LogP contribution in [0, 0.1) is 11.2 Å². The summed E-state index contributed by atoms with van der Waals surface area (Å²) in [5.74, 6) is -0.787. The number of fused-ring (bicyclic) bond motifs is 2. The molecule has 3 rings (SSSR count). The van der Waals surface area contributed by atoms with E-state index in [1.54, 1.807) is 18.2 Å². The summed E-state index contributed by atoms with van der Waals surface area (Å²) >= 11 is 0. The number of piperidine rings is 1. The molecule has 24 heavy (non-hydrogen) atoms. The Morgan fingerprint density at radius 2 is 2.12 bits per heavy atom. The van der Waals surface area contributed by atoms with Gasteiger partial charge in [-0.25, -0.2) is 4.39 Å². The van der Waals surface area contributed by atoms with E-state index in [1.165, 1.54) is 19.2 Å². The van der Waals surface area contributed by atoms with Crippen LogP contribution in [0.15, 0.2) is 36.9 Å². The van der Waals surface area contributed by atoms with Gasteiger partial charge in [0.05, 0.1) is 7.11 Å². The molecule has 2 fully saturated rings. The molecule has 0 aromatic heterocycles. The smallest absolute Gasteiger partial charge is 0.321 e. The third-order valence-electron chi connectivity index (χ3n) is 5.42. The Balaban J connectivity index is 1.94. The van der Waals surface area contributed by atoms with E-state index in [4.69, 9.17) is 4.74 Å². The Morgan fingerprint density at radius 1 is 1.42 bits per heavy atom. The van der Waals surface area contributed by atoms with Gasteiger partial charge in [-0.3, -0.25) is 14.5 Å². The van der Waals surface area contributed by atoms with Crippen LogP contribution in [0.25, 0.3) is 0 Å². The van der Waals surface area contributed by atoms with Crippen LogP contribution in [0.5, 0.6) is 0 Å². The van der Waals surface area contributed by atoms with Gasteiger partial charge in [0.2, 0.25) is 0 Å². The molecule has 128 valence electrons. The van der Waals surface area contributed by atoms with Crippen molar-refractivity contribution in [3.8, 4) is 0 Å². The first-order chi connectivity index (χ1) is 11.5. The lowest BCUT2D eigenvalue weighted by Crippen LogP contribution is -2.60. The topological polar surface area (TPSA) is 46.6 Å². The monoisotopic (exact) mass is 331 g/mol. The third-order valence-corrected chi connectivity index (χ3v) is 5.42. The van der Waals surface area contributed by atoms with Crippen LogP contribution in [0.1, 0.15) is 31.2 Å². The Morgan fingerprint density at radius 3 is 2.75 bits per heavy atom. The molecule has 2 saturated heterocycles. The number of hydrogen-bond acceptors (Lipinski definition) is 4. The lowest BCUT2D eigenvalue weighted by molar-refractivity contribution is -0.166. The highest BCUT2D eigenvalue weighted by molar-refractivity contribution is 6.06. The quantitative estimate of drug-likeness (QED) is 0.473. The van der Waals surface area contributed by atoms with Crippen molar-refractivity contribution in [2.24, 2.45) is 5.41 Å². The van der Waals surface area contributed by atoms with Gasteiger partial charge in [0.15, 0.2) is 5.78 Å². The molecule has 2 heterocycles. The van der Waals surface area contributed by atoms with Gasteiger partial charge in [-0.1, -0.05) is 18.2 Å². The highest BCUT2D eigenvalue weighted by Crippen LogP contribution is 2.48. The van der Waals surface area contributed by atoms with Crippen molar-refractivity contribution >= 4 is 11.8 Å². The maximum atomic E-state index is 13.1. The van der Waals surface area contributed by atoms with Crippen LogP contribution in [0.2, 0.25) is 0 Å². The van der Waals surface area contributed by atoms with Gasteiger partial charge in [-0.15, -0.1) is 6.58 Å². The molecule has 0 amide bonds. The minimum atomic E-state index is -1.16. The zero-order chi connectivity index (χ0) is 17.3. The number of carbonyl (C=O) groups excluding carboxylic acids is 2. The fourth-order valence-electron chi connectivity index (χ4n) is 4.30. The van der Waals surface area contributed by atoms with Crippen molar-refractivity contribution in [1.29, 1.82) is 0 Å². The second-order valence-corrected chi connectivity index (χ2v) is 6.63. The maximum Gasteiger partial charge on any atom is 0.321 e. The van der Waals surface area contributed by atoms with Gasteiger partial charge < -0.3 is 4.74 Å². The average Bonchev–Trinajstić information content (AvgIpc) is 2.89. The van der Waals surface area contributed by atoms with Crippen molar-refractivity contribution < 1.29 is 18.7 Å². The summed E-state index contributed by atoms with van der Waals surface area (Å²) in [6, 6.07) is 6.30. The van der Waals surface area contributed by atoms with E-state index >= 15 is 0 Å². The predicted molar refractivity (Wildman–Crippen MR) is 87.6 cm³/mol. The Kier molecular flexibility index (Phi) is 4.54. The number of halogens is 1. The number of esters is 1. The van der Waals surface area contributed by atoms with Crippen LogP contribution in [0.3, 0.4) is 0 Å². The van der Waals surface area contributed by atoms with Gasteiger partial charge in [0, 0.05) is 25.0 Å². The molecule has 2 aliphatic heterocycles. The summed E-state index contributed by atoms with van der Waals surface area (Å²) in [5.41, 5.74) is -0.191. The largest absolute Gasteiger partial charge is 0.468 e. The van der Waals surface area contributed by atoms with E-state index in [-0.39, 0.29) is 30.1 Å². The summed E-state index contributed by atoms with van der Waals surface area (Å²) in [5, 5.41) is 0. The Hall–Kier alpha value is -2.01. The molecule has 2 aliphatic rings. The van der Waals surface area contributed by atoms with Crippen LogP contribution >= 0.6 is 0 Å². The highest BCUT2D eigenvalue weighted by atomic mass is 19.1. The van der Waals surface area contributed by atoms with Crippen molar-refractivity contribution in [2.45, 2.75) is 44.3 Å². The average molecular weight is 331 g/mol. The normalized spacial score (nSPS) is 29.5. The van der Waals surface area contributed by atoms with E-state index in [0.29, 0.717) is 13.0 Å². The molecular formula is C19H22FNO3.